The lowest BCUT2D eigenvalue weighted by Crippen LogP contribution is -2.46. The molecule has 6 heteroatoms. The third kappa shape index (κ3) is 2.99. The van der Waals surface area contributed by atoms with Crippen molar-refractivity contribution in [1.82, 2.24) is 5.32 Å². The van der Waals surface area contributed by atoms with Crippen molar-refractivity contribution < 1.29 is 4.79 Å². The second-order valence-electron chi connectivity index (χ2n) is 5.44. The van der Waals surface area contributed by atoms with Gasteiger partial charge in [0.1, 0.15) is 17.8 Å². The summed E-state index contributed by atoms with van der Waals surface area (Å²) < 4.78 is 0. The molecule has 4 nitrogen and oxygen atoms in total. The van der Waals surface area contributed by atoms with Gasteiger partial charge in [0.15, 0.2) is 0 Å². The van der Waals surface area contributed by atoms with Gasteiger partial charge in [-0.05, 0) is 36.8 Å². The van der Waals surface area contributed by atoms with Gasteiger partial charge in [-0.3, -0.25) is 4.79 Å². The summed E-state index contributed by atoms with van der Waals surface area (Å²) in [6, 6.07) is 16.9. The summed E-state index contributed by atoms with van der Waals surface area (Å²) in [5.74, 6) is -0.439. The maximum atomic E-state index is 12.2. The number of amides is 1. The van der Waals surface area contributed by atoms with Crippen molar-refractivity contribution in [3.63, 3.8) is 0 Å². The highest BCUT2D eigenvalue weighted by molar-refractivity contribution is 7.84. The highest BCUT2D eigenvalue weighted by atomic mass is 35.5. The van der Waals surface area contributed by atoms with Gasteiger partial charge in [-0.25, -0.2) is 0 Å². The Kier molecular flexibility index (Phi) is 4.52. The number of hydrogen-bond acceptors (Lipinski definition) is 4. The lowest BCUT2D eigenvalue weighted by atomic mass is 10.1. The molecule has 1 aliphatic rings. The Morgan fingerprint density at radius 3 is 2.38 bits per heavy atom. The molecule has 1 N–H and O–H groups in total. The smallest absolute Gasteiger partial charge is 0.266 e. The van der Waals surface area contributed by atoms with E-state index in [-0.39, 0.29) is 5.57 Å². The van der Waals surface area contributed by atoms with Gasteiger partial charge in [-0.2, -0.15) is 5.26 Å². The van der Waals surface area contributed by atoms with Gasteiger partial charge < -0.3 is 10.2 Å². The van der Waals surface area contributed by atoms with Crippen LogP contribution in [0.3, 0.4) is 0 Å². The van der Waals surface area contributed by atoms with E-state index in [1.165, 1.54) is 0 Å². The molecule has 0 fully saturated rings. The monoisotopic (exact) mass is 355 g/mol. The van der Waals surface area contributed by atoms with Crippen LogP contribution in [0.15, 0.2) is 59.1 Å². The Labute approximate surface area is 150 Å². The summed E-state index contributed by atoms with van der Waals surface area (Å²) in [5.41, 5.74) is 2.78. The second kappa shape index (κ2) is 6.60. The van der Waals surface area contributed by atoms with E-state index in [2.05, 4.69) is 17.9 Å². The average molecular weight is 356 g/mol. The fraction of sp³-hybridized carbons (Fsp3) is 0.111. The molecule has 0 aliphatic carbocycles. The first kappa shape index (κ1) is 16.4. The quantitative estimate of drug-likeness (QED) is 0.802. The number of hydrogen-bond donors (Lipinski definition) is 2. The Bertz CT molecular complexity index is 853. The Morgan fingerprint density at radius 1 is 1.17 bits per heavy atom. The van der Waals surface area contributed by atoms with Crippen LogP contribution in [-0.4, -0.2) is 5.91 Å². The maximum absolute atomic E-state index is 12.2. The summed E-state index contributed by atoms with van der Waals surface area (Å²) in [7, 11) is 0. The first-order valence-corrected chi connectivity index (χ1v) is 8.09. The van der Waals surface area contributed by atoms with E-state index in [4.69, 9.17) is 11.6 Å². The van der Waals surface area contributed by atoms with Crippen LogP contribution in [0.5, 0.6) is 0 Å². The minimum atomic E-state index is -0.470. The first-order valence-electron chi connectivity index (χ1n) is 7.27. The third-order valence-corrected chi connectivity index (χ3v) is 4.51. The number of nitrogens with one attached hydrogen (secondary N) is 1. The molecule has 0 spiro atoms. The van der Waals surface area contributed by atoms with E-state index in [9.17, 15) is 10.1 Å². The minimum Gasteiger partial charge on any atom is -0.327 e. The van der Waals surface area contributed by atoms with E-state index in [0.29, 0.717) is 10.1 Å². The standard InChI is InChI=1S/C18H14ClN3OS/c1-11-2-8-14(9-3-11)22-16(12-4-6-13(19)7-5-12)21-17(23)15(10-20)18(22)24/h2-9,16,24H,1H3,(H,21,23). The Balaban J connectivity index is 2.14. The number of thiol groups is 1. The summed E-state index contributed by atoms with van der Waals surface area (Å²) in [5, 5.41) is 13.1. The van der Waals surface area contributed by atoms with Crippen molar-refractivity contribution in [2.45, 2.75) is 13.1 Å². The largest absolute Gasteiger partial charge is 0.327 e. The first-order chi connectivity index (χ1) is 11.5. The van der Waals surface area contributed by atoms with Gasteiger partial charge in [0.05, 0.1) is 5.03 Å². The number of nitrogens with zero attached hydrogens (tertiary/aromatic N) is 2. The van der Waals surface area contributed by atoms with Crippen molar-refractivity contribution in [3.8, 4) is 6.07 Å². The van der Waals surface area contributed by atoms with Crippen LogP contribution in [0.1, 0.15) is 17.3 Å². The van der Waals surface area contributed by atoms with Gasteiger partial charge in [-0.15, -0.1) is 12.6 Å². The number of nitriles is 1. The zero-order chi connectivity index (χ0) is 17.3. The Morgan fingerprint density at radius 2 is 1.79 bits per heavy atom. The van der Waals surface area contributed by atoms with Gasteiger partial charge in [0.2, 0.25) is 0 Å². The van der Waals surface area contributed by atoms with E-state index < -0.39 is 12.1 Å². The van der Waals surface area contributed by atoms with E-state index in [1.54, 1.807) is 12.1 Å². The number of carbonyl (C=O) groups is 1. The number of halogens is 1. The van der Waals surface area contributed by atoms with E-state index >= 15 is 0 Å². The minimum absolute atomic E-state index is 0.0101. The highest BCUT2D eigenvalue weighted by Gasteiger charge is 2.33. The van der Waals surface area contributed by atoms with Gasteiger partial charge >= 0.3 is 0 Å². The van der Waals surface area contributed by atoms with Gasteiger partial charge in [-0.1, -0.05) is 41.4 Å². The van der Waals surface area contributed by atoms with Crippen molar-refractivity contribution in [3.05, 3.63) is 75.3 Å². The molecular weight excluding hydrogens is 342 g/mol. The summed E-state index contributed by atoms with van der Waals surface area (Å²) in [4.78, 5) is 14.0. The van der Waals surface area contributed by atoms with Crippen molar-refractivity contribution >= 4 is 35.8 Å². The SMILES string of the molecule is Cc1ccc(N2C(S)=C(C#N)C(=O)NC2c2ccc(Cl)cc2)cc1. The zero-order valence-electron chi connectivity index (χ0n) is 12.8. The number of carbonyl (C=O) groups excluding carboxylic acids is 1. The third-order valence-electron chi connectivity index (χ3n) is 3.81. The Hall–Kier alpha value is -2.42. The van der Waals surface area contributed by atoms with E-state index in [0.717, 1.165) is 16.8 Å². The predicted molar refractivity (Wildman–Crippen MR) is 97.6 cm³/mol. The van der Waals surface area contributed by atoms with Crippen molar-refractivity contribution in [2.24, 2.45) is 0 Å². The van der Waals surface area contributed by atoms with Crippen molar-refractivity contribution in [1.29, 1.82) is 5.26 Å². The molecule has 24 heavy (non-hydrogen) atoms. The molecule has 1 amide bonds. The topological polar surface area (TPSA) is 56.1 Å². The van der Waals surface area contributed by atoms with Gasteiger partial charge in [0.25, 0.3) is 5.91 Å². The number of rotatable bonds is 2. The fourth-order valence-corrected chi connectivity index (χ4v) is 3.07. The molecule has 0 saturated carbocycles. The molecule has 0 radical (unpaired) electrons. The molecule has 0 aromatic heterocycles. The zero-order valence-corrected chi connectivity index (χ0v) is 14.5. The molecule has 0 saturated heterocycles. The molecule has 1 aliphatic heterocycles. The van der Waals surface area contributed by atoms with Gasteiger partial charge in [0, 0.05) is 10.7 Å². The fourth-order valence-electron chi connectivity index (χ4n) is 2.56. The molecule has 2 aromatic rings. The number of anilines is 1. The molecule has 1 unspecified atom stereocenters. The van der Waals surface area contributed by atoms with Crippen LogP contribution in [0.25, 0.3) is 0 Å². The highest BCUT2D eigenvalue weighted by Crippen LogP contribution is 2.35. The second-order valence-corrected chi connectivity index (χ2v) is 6.30. The van der Waals surface area contributed by atoms with Crippen LogP contribution in [0.2, 0.25) is 5.02 Å². The number of benzene rings is 2. The van der Waals surface area contributed by atoms with Crippen LogP contribution in [0.4, 0.5) is 5.69 Å². The predicted octanol–water partition coefficient (Wildman–Crippen LogP) is 3.95. The molecular formula is C18H14ClN3OS. The summed E-state index contributed by atoms with van der Waals surface area (Å²) >= 11 is 10.4. The van der Waals surface area contributed by atoms with Crippen LogP contribution in [-0.2, 0) is 4.79 Å². The lowest BCUT2D eigenvalue weighted by Gasteiger charge is -2.38. The summed E-state index contributed by atoms with van der Waals surface area (Å²) in [6.45, 7) is 2.00. The molecule has 0 bridgehead atoms. The molecule has 1 heterocycles. The van der Waals surface area contributed by atoms with Crippen LogP contribution >= 0.6 is 24.2 Å². The van der Waals surface area contributed by atoms with Crippen LogP contribution < -0.4 is 10.2 Å². The maximum Gasteiger partial charge on any atom is 0.266 e. The molecule has 2 aromatic carbocycles. The lowest BCUT2D eigenvalue weighted by molar-refractivity contribution is -0.118. The van der Waals surface area contributed by atoms with E-state index in [1.807, 2.05) is 54.3 Å². The molecule has 3 rings (SSSR count). The van der Waals surface area contributed by atoms with Crippen molar-refractivity contribution in [2.75, 3.05) is 4.90 Å². The summed E-state index contributed by atoms with van der Waals surface area (Å²) in [6.07, 6.45) is -0.470. The molecule has 120 valence electrons. The molecule has 1 atom stereocenters. The number of aryl methyl sites for hydroxylation is 1. The normalized spacial score (nSPS) is 17.5. The van der Waals surface area contributed by atoms with Crippen LogP contribution in [0, 0.1) is 18.3 Å². The average Bonchev–Trinajstić information content (AvgIpc) is 2.57.